The minimum atomic E-state index is -0.896. The van der Waals surface area contributed by atoms with Crippen molar-refractivity contribution in [3.8, 4) is 0 Å². The maximum absolute atomic E-state index is 14.0. The van der Waals surface area contributed by atoms with Crippen molar-refractivity contribution < 1.29 is 19.2 Å². The third kappa shape index (κ3) is 12.0. The van der Waals surface area contributed by atoms with Crippen molar-refractivity contribution in [2.24, 2.45) is 22.9 Å². The van der Waals surface area contributed by atoms with Gasteiger partial charge < -0.3 is 43.8 Å². The van der Waals surface area contributed by atoms with E-state index in [1.54, 1.807) is 11.1 Å². The minimum Gasteiger partial charge on any atom is -0.343 e. The first kappa shape index (κ1) is 43.6. The Morgan fingerprint density at radius 3 is 2.08 bits per heavy atom. The van der Waals surface area contributed by atoms with Crippen LogP contribution in [0.15, 0.2) is 115 Å². The largest absolute Gasteiger partial charge is 0.343 e. The standard InChI is InChI=1S/C47H57N9O4/c48-24-9-15-39(50)44(57)54-42(22-17-31-10-3-1-4-11-31)47(60)56-25-23-33-27-34(18-19-36(33)30-56)38(49)20-21-40(51)45(58)55-43(26-32-12-5-2-6-13-32)46(59)53-37-28-35-14-7-8-16-41(35)52-29-37/h1-8,10-14,16,18-19,27-29,38-40,42-43H,9,15,17,20-26,30,48-51H2,(H,53,59)(H,54,57)(H,55,58)/t38?,39-,40-,42+,43+/m0/s1. The van der Waals surface area contributed by atoms with Gasteiger partial charge in [0.15, 0.2) is 0 Å². The quantitative estimate of drug-likeness (QED) is 0.0644. The van der Waals surface area contributed by atoms with Crippen LogP contribution in [0.1, 0.15) is 66.0 Å². The lowest BCUT2D eigenvalue weighted by Gasteiger charge is -2.33. The highest BCUT2D eigenvalue weighted by molar-refractivity contribution is 5.99. The summed E-state index contributed by atoms with van der Waals surface area (Å²) in [5, 5.41) is 9.62. The summed E-state index contributed by atoms with van der Waals surface area (Å²) in [6.45, 7) is 1.33. The number of nitrogens with two attached hydrogens (primary N) is 4. The molecule has 314 valence electrons. The highest BCUT2D eigenvalue weighted by Gasteiger charge is 2.30. The Hall–Kier alpha value is -5.99. The number of aryl methyl sites for hydroxylation is 1. The average Bonchev–Trinajstić information content (AvgIpc) is 3.28. The molecular formula is C47H57N9O4. The van der Waals surface area contributed by atoms with Gasteiger partial charge in [-0.3, -0.25) is 24.2 Å². The summed E-state index contributed by atoms with van der Waals surface area (Å²) < 4.78 is 0. The van der Waals surface area contributed by atoms with E-state index in [0.29, 0.717) is 70.3 Å². The monoisotopic (exact) mass is 811 g/mol. The number of amides is 4. The fraction of sp³-hybridized carbons (Fsp3) is 0.340. The van der Waals surface area contributed by atoms with Crippen LogP contribution in [0, 0.1) is 0 Å². The van der Waals surface area contributed by atoms with Crippen molar-refractivity contribution in [3.05, 3.63) is 143 Å². The van der Waals surface area contributed by atoms with E-state index in [0.717, 1.165) is 38.7 Å². The number of rotatable bonds is 19. The molecule has 5 aromatic rings. The number of hydrogen-bond acceptors (Lipinski definition) is 9. The van der Waals surface area contributed by atoms with Crippen molar-refractivity contribution in [3.63, 3.8) is 0 Å². The van der Waals surface area contributed by atoms with Crippen molar-refractivity contribution in [1.82, 2.24) is 20.5 Å². The number of fused-ring (bicyclic) bond motifs is 2. The SMILES string of the molecule is NCCC[C@H](N)C(=O)N[C@H](CCc1ccccc1)C(=O)N1CCc2cc(C(N)CC[C@H](N)C(=O)N[C@H](Cc3ccccc3)C(=O)Nc3cnc4ccccc4c3)ccc2C1. The second kappa shape index (κ2) is 21.3. The fourth-order valence-electron chi connectivity index (χ4n) is 7.54. The fourth-order valence-corrected chi connectivity index (χ4v) is 7.54. The normalized spacial score (nSPS) is 14.9. The van der Waals surface area contributed by atoms with E-state index in [1.165, 1.54) is 0 Å². The molecular weight excluding hydrogens is 755 g/mol. The first-order valence-electron chi connectivity index (χ1n) is 20.8. The van der Waals surface area contributed by atoms with Crippen molar-refractivity contribution in [2.45, 2.75) is 88.1 Å². The predicted octanol–water partition coefficient (Wildman–Crippen LogP) is 3.78. The molecule has 0 aliphatic carbocycles. The molecule has 1 aliphatic rings. The van der Waals surface area contributed by atoms with Gasteiger partial charge in [0, 0.05) is 30.9 Å². The number of aromatic nitrogens is 1. The summed E-state index contributed by atoms with van der Waals surface area (Å²) in [6, 6.07) is 31.2. The summed E-state index contributed by atoms with van der Waals surface area (Å²) in [5.74, 6) is -1.31. The molecule has 60 heavy (non-hydrogen) atoms. The molecule has 1 unspecified atom stereocenters. The van der Waals surface area contributed by atoms with E-state index in [1.807, 2.05) is 103 Å². The van der Waals surface area contributed by atoms with Crippen molar-refractivity contribution in [2.75, 3.05) is 18.4 Å². The molecule has 4 aromatic carbocycles. The molecule has 5 atom stereocenters. The molecule has 6 rings (SSSR count). The molecule has 4 amide bonds. The van der Waals surface area contributed by atoms with Gasteiger partial charge >= 0.3 is 0 Å². The molecule has 11 N–H and O–H groups in total. The number of anilines is 1. The van der Waals surface area contributed by atoms with Crippen LogP contribution in [0.25, 0.3) is 10.9 Å². The third-order valence-electron chi connectivity index (χ3n) is 11.1. The lowest BCUT2D eigenvalue weighted by molar-refractivity contribution is -0.137. The van der Waals surface area contributed by atoms with Crippen LogP contribution in [0.3, 0.4) is 0 Å². The molecule has 0 saturated carbocycles. The average molecular weight is 812 g/mol. The number of nitrogens with one attached hydrogen (secondary N) is 3. The number of carbonyl (C=O) groups excluding carboxylic acids is 4. The van der Waals surface area contributed by atoms with Gasteiger partial charge in [0.1, 0.15) is 12.1 Å². The van der Waals surface area contributed by atoms with E-state index in [2.05, 4.69) is 27.0 Å². The van der Waals surface area contributed by atoms with Gasteiger partial charge in [0.25, 0.3) is 0 Å². The van der Waals surface area contributed by atoms with Crippen LogP contribution >= 0.6 is 0 Å². The molecule has 1 aromatic heterocycles. The smallest absolute Gasteiger partial charge is 0.247 e. The van der Waals surface area contributed by atoms with Gasteiger partial charge in [-0.25, -0.2) is 0 Å². The summed E-state index contributed by atoms with van der Waals surface area (Å²) in [6.07, 6.45) is 5.37. The Labute approximate surface area is 351 Å². The Morgan fingerprint density at radius 1 is 0.683 bits per heavy atom. The first-order valence-corrected chi connectivity index (χ1v) is 20.8. The second-order valence-electron chi connectivity index (χ2n) is 15.6. The highest BCUT2D eigenvalue weighted by atomic mass is 16.2. The molecule has 0 saturated heterocycles. The number of benzene rings is 4. The van der Waals surface area contributed by atoms with E-state index in [-0.39, 0.29) is 24.1 Å². The van der Waals surface area contributed by atoms with Crippen LogP contribution in [0.5, 0.6) is 0 Å². The van der Waals surface area contributed by atoms with E-state index >= 15 is 0 Å². The van der Waals surface area contributed by atoms with Crippen LogP contribution in [-0.4, -0.2) is 70.8 Å². The third-order valence-corrected chi connectivity index (χ3v) is 11.1. The maximum Gasteiger partial charge on any atom is 0.247 e. The first-order chi connectivity index (χ1) is 29.1. The van der Waals surface area contributed by atoms with Gasteiger partial charge in [-0.15, -0.1) is 0 Å². The van der Waals surface area contributed by atoms with Crippen LogP contribution in [-0.2, 0) is 45.0 Å². The zero-order valence-electron chi connectivity index (χ0n) is 34.0. The summed E-state index contributed by atoms with van der Waals surface area (Å²) in [7, 11) is 0. The number of carbonyl (C=O) groups is 4. The van der Waals surface area contributed by atoms with Crippen LogP contribution < -0.4 is 38.9 Å². The molecule has 0 spiro atoms. The molecule has 13 nitrogen and oxygen atoms in total. The Kier molecular flexibility index (Phi) is 15.5. The lowest BCUT2D eigenvalue weighted by atomic mass is 9.92. The number of pyridine rings is 1. The van der Waals surface area contributed by atoms with Crippen LogP contribution in [0.2, 0.25) is 0 Å². The molecule has 1 aliphatic heterocycles. The molecule has 0 fully saturated rings. The predicted molar refractivity (Wildman–Crippen MR) is 235 cm³/mol. The van der Waals surface area contributed by atoms with Gasteiger partial charge in [0.2, 0.25) is 23.6 Å². The van der Waals surface area contributed by atoms with Gasteiger partial charge in [-0.1, -0.05) is 97.1 Å². The van der Waals surface area contributed by atoms with Gasteiger partial charge in [-0.05, 0) is 91.4 Å². The van der Waals surface area contributed by atoms with Gasteiger partial charge in [-0.2, -0.15) is 0 Å². The number of para-hydroxylation sites is 1. The molecule has 2 heterocycles. The minimum absolute atomic E-state index is 0.141. The van der Waals surface area contributed by atoms with Crippen LogP contribution in [0.4, 0.5) is 5.69 Å². The topological polar surface area (TPSA) is 225 Å². The zero-order valence-corrected chi connectivity index (χ0v) is 34.0. The highest BCUT2D eigenvalue weighted by Crippen LogP contribution is 2.26. The van der Waals surface area contributed by atoms with E-state index < -0.39 is 36.1 Å². The molecule has 0 bridgehead atoms. The summed E-state index contributed by atoms with van der Waals surface area (Å²) >= 11 is 0. The lowest BCUT2D eigenvalue weighted by Crippen LogP contribution is -2.53. The van der Waals surface area contributed by atoms with Crippen molar-refractivity contribution in [1.29, 1.82) is 0 Å². The van der Waals surface area contributed by atoms with Crippen molar-refractivity contribution >= 4 is 40.2 Å². The van der Waals surface area contributed by atoms with Gasteiger partial charge in [0.05, 0.1) is 29.5 Å². The summed E-state index contributed by atoms with van der Waals surface area (Å²) in [5.41, 5.74) is 31.2. The second-order valence-corrected chi connectivity index (χ2v) is 15.6. The zero-order chi connectivity index (χ0) is 42.4. The Bertz CT molecular complexity index is 2220. The summed E-state index contributed by atoms with van der Waals surface area (Å²) in [4.78, 5) is 60.3. The maximum atomic E-state index is 14.0. The van der Waals surface area contributed by atoms with E-state index in [9.17, 15) is 19.2 Å². The Balaban J connectivity index is 1.04. The Morgan fingerprint density at radius 2 is 1.35 bits per heavy atom. The number of nitrogens with zero attached hydrogens (tertiary/aromatic N) is 2. The molecule has 13 heteroatoms. The molecule has 0 radical (unpaired) electrons. The number of hydrogen-bond donors (Lipinski definition) is 7. The van der Waals surface area contributed by atoms with E-state index in [4.69, 9.17) is 22.9 Å².